The van der Waals surface area contributed by atoms with Crippen molar-refractivity contribution in [1.82, 2.24) is 9.78 Å². The van der Waals surface area contributed by atoms with Crippen molar-refractivity contribution in [2.45, 2.75) is 32.4 Å². The van der Waals surface area contributed by atoms with Gasteiger partial charge < -0.3 is 5.32 Å². The minimum absolute atomic E-state index is 0.254. The first-order valence-corrected chi connectivity index (χ1v) is 8.98. The van der Waals surface area contributed by atoms with Crippen molar-refractivity contribution in [2.24, 2.45) is 0 Å². The van der Waals surface area contributed by atoms with Crippen LogP contribution < -0.4 is 5.32 Å². The van der Waals surface area contributed by atoms with Crippen LogP contribution in [0.2, 0.25) is 0 Å². The lowest BCUT2D eigenvalue weighted by Gasteiger charge is -2.10. The third-order valence-electron chi connectivity index (χ3n) is 5.03. The molecule has 1 aliphatic rings. The highest BCUT2D eigenvalue weighted by molar-refractivity contribution is 6.05. The fourth-order valence-corrected chi connectivity index (χ4v) is 3.55. The van der Waals surface area contributed by atoms with Crippen LogP contribution in [0.3, 0.4) is 0 Å². The van der Waals surface area contributed by atoms with Crippen LogP contribution in [-0.4, -0.2) is 15.7 Å². The molecular weight excluding hydrogens is 367 g/mol. The molecule has 0 bridgehead atoms. The number of hydrogen-bond acceptors (Lipinski definition) is 2. The number of halogens is 3. The number of rotatable bonds is 3. The first kappa shape index (κ1) is 18.3. The van der Waals surface area contributed by atoms with E-state index in [1.807, 2.05) is 18.2 Å². The van der Waals surface area contributed by atoms with Gasteiger partial charge in [0.2, 0.25) is 0 Å². The number of nitrogens with zero attached hydrogens (tertiary/aromatic N) is 2. The van der Waals surface area contributed by atoms with Crippen LogP contribution >= 0.6 is 0 Å². The van der Waals surface area contributed by atoms with Gasteiger partial charge in [0, 0.05) is 5.69 Å². The zero-order chi connectivity index (χ0) is 19.9. The molecular formula is C21H18F3N3O. The summed E-state index contributed by atoms with van der Waals surface area (Å²) in [7, 11) is 0. The lowest BCUT2D eigenvalue weighted by molar-refractivity contribution is -0.137. The van der Waals surface area contributed by atoms with E-state index in [4.69, 9.17) is 0 Å². The van der Waals surface area contributed by atoms with Gasteiger partial charge in [-0.05, 0) is 67.6 Å². The number of hydrogen-bond donors (Lipinski definition) is 1. The monoisotopic (exact) mass is 385 g/mol. The molecule has 0 fully saturated rings. The van der Waals surface area contributed by atoms with Crippen LogP contribution in [0, 0.1) is 6.92 Å². The van der Waals surface area contributed by atoms with Crippen LogP contribution in [0.15, 0.2) is 48.7 Å². The number of fused-ring (bicyclic) bond motifs is 1. The summed E-state index contributed by atoms with van der Waals surface area (Å²) >= 11 is 0. The number of carbonyl (C=O) groups is 1. The number of alkyl halides is 3. The van der Waals surface area contributed by atoms with Crippen LogP contribution in [0.1, 0.15) is 39.2 Å². The summed E-state index contributed by atoms with van der Waals surface area (Å²) in [5.41, 5.74) is 3.54. The summed E-state index contributed by atoms with van der Waals surface area (Å²) in [6.45, 7) is 1.66. The van der Waals surface area contributed by atoms with Gasteiger partial charge in [-0.2, -0.15) is 18.3 Å². The summed E-state index contributed by atoms with van der Waals surface area (Å²) in [6, 6.07) is 10.7. The molecule has 1 heterocycles. The molecule has 0 atom stereocenters. The molecule has 28 heavy (non-hydrogen) atoms. The van der Waals surface area contributed by atoms with Gasteiger partial charge in [0.1, 0.15) is 0 Å². The molecule has 0 unspecified atom stereocenters. The van der Waals surface area contributed by atoms with Crippen molar-refractivity contribution in [2.75, 3.05) is 5.32 Å². The minimum atomic E-state index is -4.44. The zero-order valence-corrected chi connectivity index (χ0v) is 15.2. The van der Waals surface area contributed by atoms with E-state index in [-0.39, 0.29) is 11.6 Å². The van der Waals surface area contributed by atoms with Gasteiger partial charge >= 0.3 is 6.18 Å². The Balaban J connectivity index is 1.59. The molecule has 3 aromatic rings. The van der Waals surface area contributed by atoms with Crippen LogP contribution in [-0.2, 0) is 19.0 Å². The number of aryl methyl sites for hydroxylation is 2. The smallest absolute Gasteiger partial charge is 0.322 e. The topological polar surface area (TPSA) is 46.9 Å². The molecule has 1 amide bonds. The van der Waals surface area contributed by atoms with Gasteiger partial charge in [-0.25, -0.2) is 4.68 Å². The maximum absolute atomic E-state index is 13.0. The molecule has 0 saturated heterocycles. The molecule has 1 aliphatic carbocycles. The second-order valence-corrected chi connectivity index (χ2v) is 6.89. The highest BCUT2D eigenvalue weighted by atomic mass is 19.4. The Hall–Kier alpha value is -3.09. The molecule has 1 aromatic heterocycles. The fraction of sp³-hybridized carbons (Fsp3) is 0.238. The van der Waals surface area contributed by atoms with Gasteiger partial charge in [-0.3, -0.25) is 4.79 Å². The van der Waals surface area contributed by atoms with E-state index >= 15 is 0 Å². The highest BCUT2D eigenvalue weighted by Gasteiger charge is 2.30. The molecule has 0 saturated carbocycles. The Morgan fingerprint density at radius 3 is 2.68 bits per heavy atom. The predicted molar refractivity (Wildman–Crippen MR) is 99.7 cm³/mol. The van der Waals surface area contributed by atoms with Crippen LogP contribution in [0.4, 0.5) is 18.9 Å². The Bertz CT molecular complexity index is 1050. The van der Waals surface area contributed by atoms with Crippen molar-refractivity contribution in [3.05, 3.63) is 76.6 Å². The normalized spacial score (nSPS) is 13.4. The molecule has 4 nitrogen and oxygen atoms in total. The molecule has 144 valence electrons. The first-order valence-electron chi connectivity index (χ1n) is 8.98. The van der Waals surface area contributed by atoms with E-state index < -0.39 is 11.7 Å². The number of nitrogens with one attached hydrogen (secondary N) is 1. The average Bonchev–Trinajstić information content (AvgIpc) is 3.27. The van der Waals surface area contributed by atoms with Crippen LogP contribution in [0.5, 0.6) is 0 Å². The molecule has 4 rings (SSSR count). The summed E-state index contributed by atoms with van der Waals surface area (Å²) < 4.78 is 40.2. The van der Waals surface area contributed by atoms with E-state index in [0.29, 0.717) is 16.9 Å². The summed E-state index contributed by atoms with van der Waals surface area (Å²) in [5, 5.41) is 6.98. The number of anilines is 1. The maximum Gasteiger partial charge on any atom is 0.416 e. The van der Waals surface area contributed by atoms with Gasteiger partial charge in [-0.15, -0.1) is 0 Å². The van der Waals surface area contributed by atoms with Crippen molar-refractivity contribution in [3.63, 3.8) is 0 Å². The van der Waals surface area contributed by atoms with E-state index in [2.05, 4.69) is 10.4 Å². The summed E-state index contributed by atoms with van der Waals surface area (Å²) in [5.74, 6) is -0.339. The number of aromatic nitrogens is 2. The molecule has 2 aromatic carbocycles. The second kappa shape index (κ2) is 6.82. The number of carbonyl (C=O) groups excluding carboxylic acids is 1. The van der Waals surface area contributed by atoms with Crippen molar-refractivity contribution < 1.29 is 18.0 Å². The SMILES string of the molecule is Cc1c(C(=O)Nc2ccc3c(c2)CCC3)cnn1-c1cccc(C(F)(F)F)c1. The standard InChI is InChI=1S/C21H18F3N3O/c1-13-19(20(28)26-17-9-8-14-4-2-5-15(14)10-17)12-25-27(13)18-7-3-6-16(11-18)21(22,23)24/h3,6-12H,2,4-5H2,1H3,(H,26,28). The molecule has 0 spiro atoms. The Labute approximate surface area is 160 Å². The summed E-state index contributed by atoms with van der Waals surface area (Å²) in [4.78, 5) is 12.7. The Morgan fingerprint density at radius 2 is 1.89 bits per heavy atom. The molecule has 7 heteroatoms. The largest absolute Gasteiger partial charge is 0.416 e. The van der Waals surface area contributed by atoms with Gasteiger partial charge in [0.25, 0.3) is 5.91 Å². The third-order valence-corrected chi connectivity index (χ3v) is 5.03. The van der Waals surface area contributed by atoms with Gasteiger partial charge in [0.15, 0.2) is 0 Å². The molecule has 0 radical (unpaired) electrons. The number of amides is 1. The lowest BCUT2D eigenvalue weighted by atomic mass is 10.1. The Kier molecular flexibility index (Phi) is 4.45. The quantitative estimate of drug-likeness (QED) is 0.694. The predicted octanol–water partition coefficient (Wildman–Crippen LogP) is 4.94. The molecule has 1 N–H and O–H groups in total. The third kappa shape index (κ3) is 3.40. The first-order chi connectivity index (χ1) is 13.3. The Morgan fingerprint density at radius 1 is 1.11 bits per heavy atom. The van der Waals surface area contributed by atoms with Crippen molar-refractivity contribution in [3.8, 4) is 5.69 Å². The van der Waals surface area contributed by atoms with Gasteiger partial charge in [0.05, 0.1) is 28.7 Å². The second-order valence-electron chi connectivity index (χ2n) is 6.89. The number of benzene rings is 2. The summed E-state index contributed by atoms with van der Waals surface area (Å²) in [6.07, 6.45) is 0.122. The van der Waals surface area contributed by atoms with E-state index in [1.165, 1.54) is 34.1 Å². The van der Waals surface area contributed by atoms with Gasteiger partial charge in [-0.1, -0.05) is 12.1 Å². The lowest BCUT2D eigenvalue weighted by Crippen LogP contribution is -2.13. The van der Waals surface area contributed by atoms with E-state index in [0.717, 1.165) is 31.4 Å². The fourth-order valence-electron chi connectivity index (χ4n) is 3.55. The van der Waals surface area contributed by atoms with Crippen molar-refractivity contribution in [1.29, 1.82) is 0 Å². The average molecular weight is 385 g/mol. The zero-order valence-electron chi connectivity index (χ0n) is 15.2. The van der Waals surface area contributed by atoms with Crippen molar-refractivity contribution >= 4 is 11.6 Å². The highest BCUT2D eigenvalue weighted by Crippen LogP contribution is 2.31. The van der Waals surface area contributed by atoms with E-state index in [1.54, 1.807) is 6.92 Å². The van der Waals surface area contributed by atoms with E-state index in [9.17, 15) is 18.0 Å². The molecule has 0 aliphatic heterocycles. The maximum atomic E-state index is 13.0. The minimum Gasteiger partial charge on any atom is -0.322 e. The van der Waals surface area contributed by atoms with Crippen LogP contribution in [0.25, 0.3) is 5.69 Å².